The lowest BCUT2D eigenvalue weighted by atomic mass is 10.1. The molecule has 3 nitrogen and oxygen atoms in total. The van der Waals surface area contributed by atoms with Gasteiger partial charge in [-0.25, -0.2) is 5.43 Å². The molecule has 0 saturated heterocycles. The minimum Gasteiger partial charge on any atom is -0.267 e. The number of carbonyl (C=O) groups excluding carboxylic acids is 1. The molecule has 2 rings (SSSR count). The van der Waals surface area contributed by atoms with Crippen LogP contribution < -0.4 is 5.43 Å². The van der Waals surface area contributed by atoms with Crippen LogP contribution in [0.5, 0.6) is 0 Å². The Morgan fingerprint density at radius 2 is 1.68 bits per heavy atom. The van der Waals surface area contributed by atoms with Crippen molar-refractivity contribution in [3.05, 3.63) is 70.2 Å². The first-order valence-corrected chi connectivity index (χ1v) is 6.62. The van der Waals surface area contributed by atoms with Gasteiger partial charge in [-0.3, -0.25) is 4.79 Å². The van der Waals surface area contributed by atoms with Crippen LogP contribution >= 0.6 is 15.9 Å². The molecule has 0 unspecified atom stereocenters. The molecule has 0 bridgehead atoms. The van der Waals surface area contributed by atoms with Gasteiger partial charge < -0.3 is 0 Å². The van der Waals surface area contributed by atoms with E-state index in [0.29, 0.717) is 5.56 Å². The lowest BCUT2D eigenvalue weighted by Gasteiger charge is -2.04. The van der Waals surface area contributed by atoms with Crippen molar-refractivity contribution in [1.82, 2.24) is 5.43 Å². The molecule has 1 N–H and O–H groups in total. The summed E-state index contributed by atoms with van der Waals surface area (Å²) in [5.74, 6) is -0.234. The van der Waals surface area contributed by atoms with Gasteiger partial charge in [-0.15, -0.1) is 0 Å². The fraction of sp³-hybridized carbons (Fsp3) is 0.0667. The van der Waals surface area contributed by atoms with Gasteiger partial charge >= 0.3 is 0 Å². The molecule has 0 atom stereocenters. The second kappa shape index (κ2) is 6.29. The molecule has 19 heavy (non-hydrogen) atoms. The van der Waals surface area contributed by atoms with Crippen molar-refractivity contribution in [3.63, 3.8) is 0 Å². The maximum atomic E-state index is 12.0. The highest BCUT2D eigenvalue weighted by Crippen LogP contribution is 2.15. The Balaban J connectivity index is 2.11. The fourth-order valence-corrected chi connectivity index (χ4v) is 2.05. The van der Waals surface area contributed by atoms with Gasteiger partial charge in [0.05, 0.1) is 11.3 Å². The van der Waals surface area contributed by atoms with Gasteiger partial charge in [-0.2, -0.15) is 5.10 Å². The van der Waals surface area contributed by atoms with Crippen LogP contribution in [0.3, 0.4) is 0 Å². The number of hydrogen-bond donors (Lipinski definition) is 1. The van der Waals surface area contributed by atoms with E-state index >= 15 is 0 Å². The molecule has 0 radical (unpaired) electrons. The van der Waals surface area contributed by atoms with E-state index in [1.54, 1.807) is 6.07 Å². The first-order valence-electron chi connectivity index (χ1n) is 5.83. The number of hydrazone groups is 1. The van der Waals surface area contributed by atoms with E-state index in [4.69, 9.17) is 0 Å². The van der Waals surface area contributed by atoms with Gasteiger partial charge in [0.25, 0.3) is 5.91 Å². The smallest absolute Gasteiger partial charge is 0.267 e. The van der Waals surface area contributed by atoms with E-state index in [1.165, 1.54) is 0 Å². The minimum atomic E-state index is -0.234. The third-order valence-electron chi connectivity index (χ3n) is 2.64. The van der Waals surface area contributed by atoms with Crippen molar-refractivity contribution in [3.8, 4) is 0 Å². The maximum Gasteiger partial charge on any atom is 0.272 e. The monoisotopic (exact) mass is 316 g/mol. The van der Waals surface area contributed by atoms with Gasteiger partial charge in [0.2, 0.25) is 0 Å². The van der Waals surface area contributed by atoms with Gasteiger partial charge in [0, 0.05) is 4.47 Å². The van der Waals surface area contributed by atoms with E-state index < -0.39 is 0 Å². The molecule has 0 aliphatic rings. The Morgan fingerprint density at radius 1 is 1.05 bits per heavy atom. The molecule has 0 aliphatic carbocycles. The summed E-state index contributed by atoms with van der Waals surface area (Å²) in [4.78, 5) is 12.0. The number of halogens is 1. The lowest BCUT2D eigenvalue weighted by Crippen LogP contribution is -2.19. The van der Waals surface area contributed by atoms with Gasteiger partial charge in [0.15, 0.2) is 0 Å². The Kier molecular flexibility index (Phi) is 4.47. The van der Waals surface area contributed by atoms with Crippen molar-refractivity contribution in [2.75, 3.05) is 0 Å². The summed E-state index contributed by atoms with van der Waals surface area (Å²) in [6.07, 6.45) is 0. The molecule has 4 heteroatoms. The molecular weight excluding hydrogens is 304 g/mol. The second-order valence-corrected chi connectivity index (χ2v) is 4.84. The summed E-state index contributed by atoms with van der Waals surface area (Å²) in [5, 5.41) is 4.11. The van der Waals surface area contributed by atoms with Crippen LogP contribution in [-0.4, -0.2) is 11.6 Å². The molecular formula is C15H13BrN2O. The van der Waals surface area contributed by atoms with Crippen LogP contribution in [0.1, 0.15) is 22.8 Å². The maximum absolute atomic E-state index is 12.0. The second-order valence-electron chi connectivity index (χ2n) is 3.98. The molecule has 0 aliphatic heterocycles. The standard InChI is InChI=1S/C15H13BrN2O/c1-11(12-7-3-2-4-8-12)17-18-15(19)13-9-5-6-10-14(13)16/h2-10H,1H3,(H,18,19)/b17-11+. The van der Waals surface area contributed by atoms with Crippen molar-refractivity contribution in [1.29, 1.82) is 0 Å². The van der Waals surface area contributed by atoms with E-state index in [2.05, 4.69) is 26.5 Å². The van der Waals surface area contributed by atoms with Gasteiger partial charge in [-0.1, -0.05) is 42.5 Å². The largest absolute Gasteiger partial charge is 0.272 e. The number of hydrogen-bond acceptors (Lipinski definition) is 2. The van der Waals surface area contributed by atoms with Crippen LogP contribution in [-0.2, 0) is 0 Å². The predicted molar refractivity (Wildman–Crippen MR) is 80.3 cm³/mol. The highest BCUT2D eigenvalue weighted by Gasteiger charge is 2.08. The molecule has 2 aromatic rings. The molecule has 0 spiro atoms. The van der Waals surface area contributed by atoms with E-state index in [9.17, 15) is 4.79 Å². The summed E-state index contributed by atoms with van der Waals surface area (Å²) >= 11 is 3.34. The van der Waals surface area contributed by atoms with Crippen molar-refractivity contribution >= 4 is 27.5 Å². The topological polar surface area (TPSA) is 41.5 Å². The highest BCUT2D eigenvalue weighted by atomic mass is 79.9. The summed E-state index contributed by atoms with van der Waals surface area (Å²) in [5.41, 5.74) is 4.87. The van der Waals surface area contributed by atoms with Crippen molar-refractivity contribution in [2.24, 2.45) is 5.10 Å². The summed E-state index contributed by atoms with van der Waals surface area (Å²) < 4.78 is 0.750. The average Bonchev–Trinajstić information content (AvgIpc) is 2.46. The molecule has 0 fully saturated rings. The number of rotatable bonds is 3. The summed E-state index contributed by atoms with van der Waals surface area (Å²) in [7, 11) is 0. The number of benzene rings is 2. The zero-order chi connectivity index (χ0) is 13.7. The Morgan fingerprint density at radius 3 is 2.37 bits per heavy atom. The molecule has 1 amide bonds. The third-order valence-corrected chi connectivity index (χ3v) is 3.33. The van der Waals surface area contributed by atoms with Crippen LogP contribution in [0.15, 0.2) is 64.2 Å². The fourth-order valence-electron chi connectivity index (χ4n) is 1.58. The SMILES string of the molecule is C/C(=N\NC(=O)c1ccccc1Br)c1ccccc1. The summed E-state index contributed by atoms with van der Waals surface area (Å²) in [6.45, 7) is 1.86. The Bertz CT molecular complexity index is 609. The highest BCUT2D eigenvalue weighted by molar-refractivity contribution is 9.10. The third kappa shape index (κ3) is 3.51. The van der Waals surface area contributed by atoms with Crippen LogP contribution in [0.25, 0.3) is 0 Å². The van der Waals surface area contributed by atoms with Crippen LogP contribution in [0.2, 0.25) is 0 Å². The number of nitrogens with zero attached hydrogens (tertiary/aromatic N) is 1. The van der Waals surface area contributed by atoms with E-state index in [1.807, 2.05) is 55.5 Å². The minimum absolute atomic E-state index is 0.234. The summed E-state index contributed by atoms with van der Waals surface area (Å²) in [6, 6.07) is 16.9. The molecule has 0 aromatic heterocycles. The number of carbonyl (C=O) groups is 1. The molecule has 96 valence electrons. The number of amides is 1. The van der Waals surface area contributed by atoms with Crippen molar-refractivity contribution in [2.45, 2.75) is 6.92 Å². The van der Waals surface area contributed by atoms with Crippen LogP contribution in [0.4, 0.5) is 0 Å². The van der Waals surface area contributed by atoms with Crippen LogP contribution in [0, 0.1) is 0 Å². The van der Waals surface area contributed by atoms with Gasteiger partial charge in [0.1, 0.15) is 0 Å². The average molecular weight is 317 g/mol. The quantitative estimate of drug-likeness (QED) is 0.682. The van der Waals surface area contributed by atoms with Gasteiger partial charge in [-0.05, 0) is 40.5 Å². The Labute approximate surface area is 120 Å². The Hall–Kier alpha value is -1.94. The lowest BCUT2D eigenvalue weighted by molar-refractivity contribution is 0.0954. The first-order chi connectivity index (χ1) is 9.18. The molecule has 0 saturated carbocycles. The van der Waals surface area contributed by atoms with Crippen molar-refractivity contribution < 1.29 is 4.79 Å². The first kappa shape index (κ1) is 13.5. The van der Waals surface area contributed by atoms with E-state index in [-0.39, 0.29) is 5.91 Å². The predicted octanol–water partition coefficient (Wildman–Crippen LogP) is 3.60. The molecule has 0 heterocycles. The van der Waals surface area contributed by atoms with E-state index in [0.717, 1.165) is 15.7 Å². The zero-order valence-corrected chi connectivity index (χ0v) is 12.0. The normalized spacial score (nSPS) is 11.2. The molecule has 2 aromatic carbocycles. The zero-order valence-electron chi connectivity index (χ0n) is 10.4. The number of nitrogens with one attached hydrogen (secondary N) is 1.